The molecule has 0 saturated heterocycles. The lowest BCUT2D eigenvalue weighted by atomic mass is 10.1. The van der Waals surface area contributed by atoms with Crippen LogP contribution in [0.2, 0.25) is 0 Å². The lowest BCUT2D eigenvalue weighted by Gasteiger charge is -2.14. The molecule has 3 aromatic carbocycles. The van der Waals surface area contributed by atoms with E-state index in [1.165, 1.54) is 7.11 Å². The van der Waals surface area contributed by atoms with Crippen molar-refractivity contribution >= 4 is 28.0 Å². The van der Waals surface area contributed by atoms with Crippen LogP contribution < -0.4 is 10.3 Å². The van der Waals surface area contributed by atoms with E-state index in [1.807, 2.05) is 83.4 Å². The van der Waals surface area contributed by atoms with Crippen molar-refractivity contribution in [2.75, 3.05) is 7.11 Å². The molecule has 2 heterocycles. The summed E-state index contributed by atoms with van der Waals surface area (Å²) in [6.45, 7) is 4.65. The zero-order valence-electron chi connectivity index (χ0n) is 19.3. The summed E-state index contributed by atoms with van der Waals surface area (Å²) in [7, 11) is 1.27. The average Bonchev–Trinajstić information content (AvgIpc) is 3.21. The summed E-state index contributed by atoms with van der Waals surface area (Å²) in [4.78, 5) is 26.1. The topological polar surface area (TPSA) is 62.5 Å². The SMILES string of the molecule is C=CCn1c(-c2ccccc2)cc2c3cccc(OC(=O)OC)c3n(Cc3ccccc3)c2c1=O. The van der Waals surface area contributed by atoms with Crippen LogP contribution in [0.4, 0.5) is 4.79 Å². The normalized spacial score (nSPS) is 11.0. The van der Waals surface area contributed by atoms with Gasteiger partial charge in [0.2, 0.25) is 0 Å². The maximum atomic E-state index is 14.0. The minimum Gasteiger partial charge on any atom is -0.437 e. The highest BCUT2D eigenvalue weighted by Crippen LogP contribution is 2.36. The number of hydrogen-bond donors (Lipinski definition) is 0. The maximum absolute atomic E-state index is 14.0. The molecule has 5 rings (SSSR count). The number of fused-ring (bicyclic) bond motifs is 3. The molecule has 6 heteroatoms. The molecule has 0 radical (unpaired) electrons. The van der Waals surface area contributed by atoms with Crippen LogP contribution >= 0.6 is 0 Å². The molecule has 2 aromatic heterocycles. The van der Waals surface area contributed by atoms with Crippen LogP contribution in [0.25, 0.3) is 33.1 Å². The first kappa shape index (κ1) is 22.2. The van der Waals surface area contributed by atoms with Gasteiger partial charge in [-0.15, -0.1) is 6.58 Å². The van der Waals surface area contributed by atoms with Gasteiger partial charge < -0.3 is 18.6 Å². The molecule has 0 spiro atoms. The molecule has 0 saturated carbocycles. The Hall–Kier alpha value is -4.58. The van der Waals surface area contributed by atoms with E-state index < -0.39 is 6.16 Å². The lowest BCUT2D eigenvalue weighted by molar-refractivity contribution is 0.122. The van der Waals surface area contributed by atoms with E-state index in [1.54, 1.807) is 16.7 Å². The zero-order valence-corrected chi connectivity index (χ0v) is 19.3. The average molecular weight is 465 g/mol. The monoisotopic (exact) mass is 464 g/mol. The number of pyridine rings is 1. The van der Waals surface area contributed by atoms with Crippen LogP contribution in [0.15, 0.2) is 102 Å². The summed E-state index contributed by atoms with van der Waals surface area (Å²) < 4.78 is 13.9. The maximum Gasteiger partial charge on any atom is 0.513 e. The molecule has 0 N–H and O–H groups in total. The summed E-state index contributed by atoms with van der Waals surface area (Å²) in [6.07, 6.45) is 0.901. The minimum absolute atomic E-state index is 0.141. The largest absolute Gasteiger partial charge is 0.513 e. The van der Waals surface area contributed by atoms with Crippen LogP contribution in [0.1, 0.15) is 5.56 Å². The van der Waals surface area contributed by atoms with Crippen molar-refractivity contribution in [2.45, 2.75) is 13.1 Å². The molecule has 174 valence electrons. The Balaban J connectivity index is 1.90. The zero-order chi connectivity index (χ0) is 24.4. The van der Waals surface area contributed by atoms with Crippen molar-refractivity contribution in [3.8, 4) is 17.0 Å². The number of hydrogen-bond acceptors (Lipinski definition) is 4. The molecule has 0 bridgehead atoms. The number of ether oxygens (including phenoxy) is 2. The van der Waals surface area contributed by atoms with Gasteiger partial charge >= 0.3 is 6.16 Å². The van der Waals surface area contributed by atoms with E-state index in [0.717, 1.165) is 27.6 Å². The molecule has 0 atom stereocenters. The first-order valence-corrected chi connectivity index (χ1v) is 11.3. The fraction of sp³-hybridized carbons (Fsp3) is 0.103. The van der Waals surface area contributed by atoms with Crippen molar-refractivity contribution in [1.29, 1.82) is 0 Å². The summed E-state index contributed by atoms with van der Waals surface area (Å²) in [5, 5.41) is 1.60. The van der Waals surface area contributed by atoms with Gasteiger partial charge in [0.05, 0.1) is 18.3 Å². The van der Waals surface area contributed by atoms with Gasteiger partial charge in [0.25, 0.3) is 5.56 Å². The van der Waals surface area contributed by atoms with Crippen molar-refractivity contribution < 1.29 is 14.3 Å². The molecule has 0 aliphatic heterocycles. The number of rotatable bonds is 6. The Bertz CT molecular complexity index is 1600. The van der Waals surface area contributed by atoms with E-state index in [0.29, 0.717) is 29.9 Å². The number of aromatic nitrogens is 2. The number of methoxy groups -OCH3 is 1. The van der Waals surface area contributed by atoms with Gasteiger partial charge in [-0.05, 0) is 23.3 Å². The van der Waals surface area contributed by atoms with E-state index in [-0.39, 0.29) is 5.56 Å². The third-order valence-corrected chi connectivity index (χ3v) is 6.03. The standard InChI is InChI=1S/C29H24N2O4/c1-3-17-30-24(21-13-8-5-9-14-21)18-23-22-15-10-16-25(35-29(33)34-2)26(22)31(27(23)28(30)32)19-20-11-6-4-7-12-20/h3-16,18H,1,17,19H2,2H3. The summed E-state index contributed by atoms with van der Waals surface area (Å²) in [6, 6.07) is 27.2. The Labute approximate surface area is 202 Å². The third kappa shape index (κ3) is 3.99. The molecule has 6 nitrogen and oxygen atoms in total. The Morgan fingerprint density at radius 1 is 0.886 bits per heavy atom. The van der Waals surface area contributed by atoms with Gasteiger partial charge in [0, 0.05) is 23.9 Å². The van der Waals surface area contributed by atoms with E-state index in [9.17, 15) is 9.59 Å². The second-order valence-electron chi connectivity index (χ2n) is 8.14. The number of nitrogens with zero attached hydrogens (tertiary/aromatic N) is 2. The predicted molar refractivity (Wildman–Crippen MR) is 138 cm³/mol. The van der Waals surface area contributed by atoms with Crippen molar-refractivity contribution in [3.63, 3.8) is 0 Å². The Morgan fingerprint density at radius 2 is 1.60 bits per heavy atom. The van der Waals surface area contributed by atoms with Gasteiger partial charge in [0.1, 0.15) is 5.52 Å². The second-order valence-corrected chi connectivity index (χ2v) is 8.14. The van der Waals surface area contributed by atoms with Gasteiger partial charge in [-0.3, -0.25) is 4.79 Å². The van der Waals surface area contributed by atoms with Crippen LogP contribution in [0, 0.1) is 0 Å². The fourth-order valence-corrected chi connectivity index (χ4v) is 4.53. The Kier molecular flexibility index (Phi) is 5.94. The first-order valence-electron chi connectivity index (χ1n) is 11.3. The molecule has 0 aliphatic rings. The molecule has 0 unspecified atom stereocenters. The first-order chi connectivity index (χ1) is 17.1. The minimum atomic E-state index is -0.817. The molecular weight excluding hydrogens is 440 g/mol. The number of carbonyl (C=O) groups is 1. The van der Waals surface area contributed by atoms with Crippen molar-refractivity contribution in [1.82, 2.24) is 9.13 Å². The van der Waals surface area contributed by atoms with Gasteiger partial charge in [0.15, 0.2) is 5.75 Å². The van der Waals surface area contributed by atoms with Crippen LogP contribution in [-0.4, -0.2) is 22.4 Å². The highest BCUT2D eigenvalue weighted by atomic mass is 16.7. The molecule has 0 fully saturated rings. The predicted octanol–water partition coefficient (Wildman–Crippen LogP) is 6.00. The Morgan fingerprint density at radius 3 is 2.29 bits per heavy atom. The van der Waals surface area contributed by atoms with Gasteiger partial charge in [-0.1, -0.05) is 78.9 Å². The number of benzene rings is 3. The molecule has 35 heavy (non-hydrogen) atoms. The van der Waals surface area contributed by atoms with Gasteiger partial charge in [-0.2, -0.15) is 0 Å². The fourth-order valence-electron chi connectivity index (χ4n) is 4.53. The van der Waals surface area contributed by atoms with E-state index in [4.69, 9.17) is 9.47 Å². The third-order valence-electron chi connectivity index (χ3n) is 6.03. The van der Waals surface area contributed by atoms with Crippen molar-refractivity contribution in [2.24, 2.45) is 0 Å². The smallest absolute Gasteiger partial charge is 0.437 e. The van der Waals surface area contributed by atoms with Crippen LogP contribution in [0.3, 0.4) is 0 Å². The molecular formula is C29H24N2O4. The molecule has 5 aromatic rings. The number of allylic oxidation sites excluding steroid dienone is 1. The quantitative estimate of drug-likeness (QED) is 0.176. The second kappa shape index (κ2) is 9.35. The van der Waals surface area contributed by atoms with Crippen LogP contribution in [0.5, 0.6) is 5.75 Å². The number of para-hydroxylation sites is 1. The molecule has 0 amide bonds. The van der Waals surface area contributed by atoms with Gasteiger partial charge in [-0.25, -0.2) is 4.79 Å². The van der Waals surface area contributed by atoms with E-state index >= 15 is 0 Å². The van der Waals surface area contributed by atoms with E-state index in [2.05, 4.69) is 6.58 Å². The van der Waals surface area contributed by atoms with Crippen LogP contribution in [-0.2, 0) is 17.8 Å². The summed E-state index contributed by atoms with van der Waals surface area (Å²) in [5.74, 6) is 0.331. The number of carbonyl (C=O) groups excluding carboxylic acids is 1. The summed E-state index contributed by atoms with van der Waals surface area (Å²) in [5.41, 5.74) is 3.79. The highest BCUT2D eigenvalue weighted by molar-refractivity contribution is 6.11. The van der Waals surface area contributed by atoms with Crippen molar-refractivity contribution in [3.05, 3.63) is 114 Å². The molecule has 0 aliphatic carbocycles. The highest BCUT2D eigenvalue weighted by Gasteiger charge is 2.22. The lowest BCUT2D eigenvalue weighted by Crippen LogP contribution is -2.23. The summed E-state index contributed by atoms with van der Waals surface area (Å²) >= 11 is 0.